The van der Waals surface area contributed by atoms with Crippen molar-refractivity contribution in [2.75, 3.05) is 0 Å². The van der Waals surface area contributed by atoms with E-state index in [2.05, 4.69) is 17.7 Å². The molecule has 8 heteroatoms. The predicted octanol–water partition coefficient (Wildman–Crippen LogP) is 3.39. The van der Waals surface area contributed by atoms with Crippen LogP contribution in [0.4, 0.5) is 0 Å². The lowest BCUT2D eigenvalue weighted by atomic mass is 10.1. The molecule has 2 aromatic rings. The van der Waals surface area contributed by atoms with Crippen molar-refractivity contribution < 1.29 is 4.79 Å². The van der Waals surface area contributed by atoms with Gasteiger partial charge in [-0.25, -0.2) is 0 Å². The summed E-state index contributed by atoms with van der Waals surface area (Å²) in [5.41, 5.74) is 1.76. The highest BCUT2D eigenvalue weighted by molar-refractivity contribution is 7.85. The van der Waals surface area contributed by atoms with Gasteiger partial charge in [0.05, 0.1) is 15.6 Å². The molecule has 0 amide bonds. The van der Waals surface area contributed by atoms with Gasteiger partial charge in [-0.2, -0.15) is 4.68 Å². The fourth-order valence-electron chi connectivity index (χ4n) is 1.73. The van der Waals surface area contributed by atoms with Crippen molar-refractivity contribution >= 4 is 46.9 Å². The Kier molecular flexibility index (Phi) is 4.95. The van der Waals surface area contributed by atoms with E-state index in [9.17, 15) is 9.59 Å². The Morgan fingerprint density at radius 3 is 2.41 bits per heavy atom. The Bertz CT molecular complexity index is 835. The number of allylic oxidation sites excluding steroid dienone is 2. The summed E-state index contributed by atoms with van der Waals surface area (Å²) >= 11 is 15.0. The fourth-order valence-corrected chi connectivity index (χ4v) is 2.18. The quantitative estimate of drug-likeness (QED) is 0.448. The fraction of sp³-hybridized carbons (Fsp3) is 0.0714. The Morgan fingerprint density at radius 1 is 1.27 bits per heavy atom. The number of carbonyl (C=O) groups is 1. The van der Waals surface area contributed by atoms with Crippen LogP contribution in [0.3, 0.4) is 0 Å². The van der Waals surface area contributed by atoms with Crippen molar-refractivity contribution in [1.82, 2.24) is 9.78 Å². The summed E-state index contributed by atoms with van der Waals surface area (Å²) in [4.78, 5) is 23.8. The average molecular weight is 356 g/mol. The smallest absolute Gasteiger partial charge is 0.287 e. The van der Waals surface area contributed by atoms with Crippen LogP contribution in [0.25, 0.3) is 11.3 Å². The number of H-pyrrole nitrogens is 1. The maximum Gasteiger partial charge on any atom is 0.287 e. The molecule has 1 aromatic carbocycles. The number of aryl methyl sites for hydroxylation is 1. The number of aromatic amines is 1. The third-order valence-corrected chi connectivity index (χ3v) is 4.10. The molecule has 0 aliphatic carbocycles. The van der Waals surface area contributed by atoms with Crippen molar-refractivity contribution in [2.24, 2.45) is 0 Å². The molecule has 114 valence electrons. The van der Waals surface area contributed by atoms with E-state index in [1.165, 1.54) is 6.07 Å². The second-order valence-electron chi connectivity index (χ2n) is 4.49. The molecule has 0 saturated carbocycles. The summed E-state index contributed by atoms with van der Waals surface area (Å²) in [7, 11) is 0. The Balaban J connectivity index is 2.45. The number of halogens is 2. The van der Waals surface area contributed by atoms with Crippen molar-refractivity contribution in [3.8, 4) is 11.3 Å². The number of nitrogens with zero attached hydrogens (tertiary/aromatic N) is 1. The molecule has 5 nitrogen and oxygen atoms in total. The minimum Gasteiger partial charge on any atom is -0.288 e. The molecule has 0 unspecified atom stereocenters. The van der Waals surface area contributed by atoms with E-state index in [0.29, 0.717) is 5.69 Å². The number of hydrogen-bond donors (Lipinski definition) is 3. The minimum atomic E-state index is -0.790. The summed E-state index contributed by atoms with van der Waals surface area (Å²) in [6.07, 6.45) is 0. The zero-order valence-corrected chi connectivity index (χ0v) is 13.8. The van der Waals surface area contributed by atoms with Crippen LogP contribution in [0, 0.1) is 12.3 Å². The number of benzene rings is 1. The molecule has 0 radical (unpaired) electrons. The topological polar surface area (TPSA) is 78.7 Å². The maximum atomic E-state index is 12.2. The summed E-state index contributed by atoms with van der Waals surface area (Å²) in [5, 5.41) is 9.01. The average Bonchev–Trinajstić information content (AvgIpc) is 2.87. The van der Waals surface area contributed by atoms with E-state index in [1.807, 2.05) is 31.2 Å². The molecule has 2 N–H and O–H groups in total. The van der Waals surface area contributed by atoms with Gasteiger partial charge in [-0.1, -0.05) is 53.0 Å². The molecule has 0 aliphatic heterocycles. The van der Waals surface area contributed by atoms with Crippen molar-refractivity contribution in [1.29, 1.82) is 5.41 Å². The zero-order valence-electron chi connectivity index (χ0n) is 11.4. The molecule has 0 fully saturated rings. The maximum absolute atomic E-state index is 12.2. The first kappa shape index (κ1) is 16.6. The highest BCUT2D eigenvalue weighted by Crippen LogP contribution is 2.19. The number of aromatic nitrogens is 2. The van der Waals surface area contributed by atoms with Gasteiger partial charge in [-0.3, -0.25) is 20.1 Å². The van der Waals surface area contributed by atoms with Crippen molar-refractivity contribution in [3.05, 3.63) is 56.2 Å². The molecule has 0 aliphatic rings. The molecule has 2 rings (SSSR count). The van der Waals surface area contributed by atoms with Crippen LogP contribution in [0.1, 0.15) is 10.4 Å². The number of thiol groups is 1. The van der Waals surface area contributed by atoms with Gasteiger partial charge in [-0.05, 0) is 12.5 Å². The van der Waals surface area contributed by atoms with E-state index in [1.54, 1.807) is 0 Å². The van der Waals surface area contributed by atoms with E-state index in [-0.39, 0.29) is 9.94 Å². The molecule has 0 bridgehead atoms. The normalized spacial score (nSPS) is 12.0. The lowest BCUT2D eigenvalue weighted by Gasteiger charge is -2.03. The van der Waals surface area contributed by atoms with E-state index in [0.717, 1.165) is 15.8 Å². The van der Waals surface area contributed by atoms with Crippen LogP contribution in [-0.2, 0) is 0 Å². The lowest BCUT2D eigenvalue weighted by molar-refractivity contribution is 0.0946. The highest BCUT2D eigenvalue weighted by Gasteiger charge is 2.18. The second kappa shape index (κ2) is 6.56. The summed E-state index contributed by atoms with van der Waals surface area (Å²) in [6, 6.07) is 8.73. The van der Waals surface area contributed by atoms with Crippen LogP contribution >= 0.6 is 35.8 Å². The Morgan fingerprint density at radius 2 is 1.86 bits per heavy atom. The summed E-state index contributed by atoms with van der Waals surface area (Å²) in [6.45, 7) is 1.95. The van der Waals surface area contributed by atoms with Crippen LogP contribution in [0.5, 0.6) is 0 Å². The van der Waals surface area contributed by atoms with Gasteiger partial charge < -0.3 is 0 Å². The van der Waals surface area contributed by atoms with Gasteiger partial charge in [0, 0.05) is 6.07 Å². The molecule has 1 heterocycles. The SMILES string of the molecule is Cc1ccc(-c2cc(=O)n(C(=O)/C(S)=C(\Cl)C(=N)Cl)[nH]2)cc1. The van der Waals surface area contributed by atoms with Crippen molar-refractivity contribution in [3.63, 3.8) is 0 Å². The van der Waals surface area contributed by atoms with Crippen LogP contribution in [0.15, 0.2) is 45.1 Å². The lowest BCUT2D eigenvalue weighted by Crippen LogP contribution is -2.24. The first-order valence-electron chi connectivity index (χ1n) is 6.08. The largest absolute Gasteiger partial charge is 0.288 e. The summed E-state index contributed by atoms with van der Waals surface area (Å²) < 4.78 is 0.764. The first-order valence-corrected chi connectivity index (χ1v) is 7.28. The van der Waals surface area contributed by atoms with E-state index in [4.69, 9.17) is 28.6 Å². The number of hydrogen-bond acceptors (Lipinski definition) is 4. The standard InChI is InChI=1S/C14H11Cl2N3O2S/c1-7-2-4-8(5-3-7)9-6-10(20)19(18-9)14(21)12(22)11(15)13(16)17/h2-6,17-18,22H,1H3/b12-11+,17-13?. The van der Waals surface area contributed by atoms with Crippen LogP contribution in [-0.4, -0.2) is 20.9 Å². The zero-order chi connectivity index (χ0) is 16.4. The molecule has 0 spiro atoms. The number of carbonyl (C=O) groups excluding carboxylic acids is 1. The van der Waals surface area contributed by atoms with E-state index < -0.39 is 16.6 Å². The third-order valence-electron chi connectivity index (χ3n) is 2.89. The Hall–Kier alpha value is -1.76. The summed E-state index contributed by atoms with van der Waals surface area (Å²) in [5.74, 6) is -0.790. The highest BCUT2D eigenvalue weighted by atomic mass is 35.5. The predicted molar refractivity (Wildman–Crippen MR) is 91.3 cm³/mol. The van der Waals surface area contributed by atoms with Gasteiger partial charge in [0.2, 0.25) is 0 Å². The number of nitrogens with one attached hydrogen (secondary N) is 2. The van der Waals surface area contributed by atoms with Gasteiger partial charge in [0.25, 0.3) is 11.5 Å². The van der Waals surface area contributed by atoms with Crippen LogP contribution < -0.4 is 5.56 Å². The molecule has 0 atom stereocenters. The number of rotatable bonds is 3. The van der Waals surface area contributed by atoms with Gasteiger partial charge in [0.15, 0.2) is 0 Å². The van der Waals surface area contributed by atoms with E-state index >= 15 is 0 Å². The van der Waals surface area contributed by atoms with Crippen LogP contribution in [0.2, 0.25) is 0 Å². The van der Waals surface area contributed by atoms with Crippen molar-refractivity contribution in [2.45, 2.75) is 6.92 Å². The molecule has 22 heavy (non-hydrogen) atoms. The molecule has 1 aromatic heterocycles. The molecular weight excluding hydrogens is 345 g/mol. The molecular formula is C14H11Cl2N3O2S. The van der Waals surface area contributed by atoms with Gasteiger partial charge >= 0.3 is 0 Å². The van der Waals surface area contributed by atoms with Gasteiger partial charge in [-0.15, -0.1) is 12.6 Å². The Labute approximate surface area is 141 Å². The first-order chi connectivity index (χ1) is 10.3. The molecule has 0 saturated heterocycles. The van der Waals surface area contributed by atoms with Gasteiger partial charge in [0.1, 0.15) is 5.17 Å². The monoisotopic (exact) mass is 355 g/mol. The third kappa shape index (κ3) is 3.35. The minimum absolute atomic E-state index is 0.291. The second-order valence-corrected chi connectivity index (χ2v) is 5.69.